The zero-order valence-electron chi connectivity index (χ0n) is 9.47. The Morgan fingerprint density at radius 2 is 2.29 bits per heavy atom. The number of anilines is 2. The van der Waals surface area contributed by atoms with Gasteiger partial charge in [-0.3, -0.25) is 0 Å². The molecule has 90 valence electrons. The Kier molecular flexibility index (Phi) is 3.03. The van der Waals surface area contributed by atoms with Gasteiger partial charge in [-0.1, -0.05) is 5.16 Å². The van der Waals surface area contributed by atoms with E-state index in [1.807, 2.05) is 0 Å². The number of nitrogens with two attached hydrogens (primary N) is 1. The number of nitrogens with one attached hydrogen (secondary N) is 1. The first-order chi connectivity index (χ1) is 8.20. The van der Waals surface area contributed by atoms with Crippen molar-refractivity contribution < 1.29 is 9.26 Å². The van der Waals surface area contributed by atoms with Crippen molar-refractivity contribution in [3.63, 3.8) is 0 Å². The van der Waals surface area contributed by atoms with Gasteiger partial charge in [0.15, 0.2) is 11.6 Å². The number of hydrogen-bond acceptors (Lipinski definition) is 8. The van der Waals surface area contributed by atoms with Gasteiger partial charge in [-0.15, -0.1) is 0 Å². The van der Waals surface area contributed by atoms with E-state index in [1.165, 1.54) is 13.4 Å². The molecule has 0 aliphatic rings. The molecular formula is C9H12N6O2. The lowest BCUT2D eigenvalue weighted by molar-refractivity contribution is 0.379. The predicted molar refractivity (Wildman–Crippen MR) is 59.4 cm³/mol. The van der Waals surface area contributed by atoms with Crippen LogP contribution in [0.15, 0.2) is 10.9 Å². The van der Waals surface area contributed by atoms with Crippen LogP contribution in [-0.2, 0) is 6.54 Å². The highest BCUT2D eigenvalue weighted by Gasteiger charge is 2.09. The number of rotatable bonds is 4. The summed E-state index contributed by atoms with van der Waals surface area (Å²) in [5.74, 6) is 1.83. The van der Waals surface area contributed by atoms with E-state index in [4.69, 9.17) is 15.0 Å². The molecule has 2 heterocycles. The smallest absolute Gasteiger partial charge is 0.245 e. The van der Waals surface area contributed by atoms with Crippen molar-refractivity contribution in [3.05, 3.63) is 18.0 Å². The van der Waals surface area contributed by atoms with Crippen LogP contribution in [0.5, 0.6) is 5.88 Å². The van der Waals surface area contributed by atoms with Crippen LogP contribution >= 0.6 is 0 Å². The Balaban J connectivity index is 2.09. The Morgan fingerprint density at radius 3 is 2.94 bits per heavy atom. The summed E-state index contributed by atoms with van der Waals surface area (Å²) in [6.45, 7) is 2.08. The topological polar surface area (TPSA) is 112 Å². The Bertz CT molecular complexity index is 512. The largest absolute Gasteiger partial charge is 0.479 e. The lowest BCUT2D eigenvalue weighted by Crippen LogP contribution is -2.07. The van der Waals surface area contributed by atoms with Gasteiger partial charge in [-0.05, 0) is 6.92 Å². The minimum Gasteiger partial charge on any atom is -0.479 e. The lowest BCUT2D eigenvalue weighted by atomic mass is 10.4. The molecule has 2 aromatic heterocycles. The molecule has 8 nitrogen and oxygen atoms in total. The van der Waals surface area contributed by atoms with Crippen LogP contribution in [-0.4, -0.2) is 27.2 Å². The zero-order chi connectivity index (χ0) is 12.3. The molecule has 0 bridgehead atoms. The van der Waals surface area contributed by atoms with Gasteiger partial charge >= 0.3 is 0 Å². The van der Waals surface area contributed by atoms with E-state index in [0.29, 0.717) is 35.6 Å². The number of aryl methyl sites for hydroxylation is 1. The molecule has 0 aromatic carbocycles. The van der Waals surface area contributed by atoms with Crippen LogP contribution in [0, 0.1) is 6.92 Å². The van der Waals surface area contributed by atoms with Crippen LogP contribution in [0.25, 0.3) is 0 Å². The lowest BCUT2D eigenvalue weighted by Gasteiger charge is -2.08. The Morgan fingerprint density at radius 1 is 1.47 bits per heavy atom. The highest BCUT2D eigenvalue weighted by Crippen LogP contribution is 2.24. The van der Waals surface area contributed by atoms with Crippen molar-refractivity contribution in [1.29, 1.82) is 0 Å². The molecule has 8 heteroatoms. The van der Waals surface area contributed by atoms with Crippen molar-refractivity contribution in [2.24, 2.45) is 0 Å². The van der Waals surface area contributed by atoms with Crippen LogP contribution in [0.3, 0.4) is 0 Å². The van der Waals surface area contributed by atoms with Gasteiger partial charge in [-0.25, -0.2) is 4.98 Å². The maximum atomic E-state index is 5.78. The monoisotopic (exact) mass is 236 g/mol. The normalized spacial score (nSPS) is 10.2. The van der Waals surface area contributed by atoms with E-state index in [2.05, 4.69) is 25.4 Å². The molecule has 2 rings (SSSR count). The van der Waals surface area contributed by atoms with E-state index in [1.54, 1.807) is 6.92 Å². The van der Waals surface area contributed by atoms with Crippen molar-refractivity contribution in [3.8, 4) is 5.88 Å². The maximum Gasteiger partial charge on any atom is 0.245 e. The van der Waals surface area contributed by atoms with Crippen molar-refractivity contribution >= 4 is 11.5 Å². The highest BCUT2D eigenvalue weighted by molar-refractivity contribution is 5.66. The standard InChI is InChI=1S/C9H12N6O2/c1-5-14-6(17-15-5)3-11-8-7(10)9(16-2)13-4-12-8/h4H,3,10H2,1-2H3,(H,11,12,13). The number of methoxy groups -OCH3 is 1. The van der Waals surface area contributed by atoms with Crippen molar-refractivity contribution in [2.75, 3.05) is 18.2 Å². The van der Waals surface area contributed by atoms with Crippen LogP contribution in [0.1, 0.15) is 11.7 Å². The highest BCUT2D eigenvalue weighted by atomic mass is 16.5. The second-order valence-electron chi connectivity index (χ2n) is 3.23. The number of nitrogen functional groups attached to an aromatic ring is 1. The molecule has 0 aliphatic heterocycles. The number of nitrogens with zero attached hydrogens (tertiary/aromatic N) is 4. The molecule has 0 saturated carbocycles. The molecular weight excluding hydrogens is 224 g/mol. The SMILES string of the molecule is COc1ncnc(NCc2nc(C)no2)c1N. The van der Waals surface area contributed by atoms with Gasteiger partial charge in [0.2, 0.25) is 11.8 Å². The van der Waals surface area contributed by atoms with E-state index >= 15 is 0 Å². The summed E-state index contributed by atoms with van der Waals surface area (Å²) < 4.78 is 9.92. The third-order valence-electron chi connectivity index (χ3n) is 2.02. The maximum absolute atomic E-state index is 5.78. The number of hydrogen-bond donors (Lipinski definition) is 2. The Hall–Kier alpha value is -2.38. The summed E-state index contributed by atoms with van der Waals surface area (Å²) in [4.78, 5) is 11.9. The molecule has 0 spiro atoms. The second-order valence-corrected chi connectivity index (χ2v) is 3.23. The molecule has 0 saturated heterocycles. The van der Waals surface area contributed by atoms with E-state index in [-0.39, 0.29) is 0 Å². The average molecular weight is 236 g/mol. The van der Waals surface area contributed by atoms with E-state index < -0.39 is 0 Å². The van der Waals surface area contributed by atoms with Gasteiger partial charge in [0.25, 0.3) is 0 Å². The summed E-state index contributed by atoms with van der Waals surface area (Å²) >= 11 is 0. The molecule has 0 atom stereocenters. The summed E-state index contributed by atoms with van der Waals surface area (Å²) in [6, 6.07) is 0. The van der Waals surface area contributed by atoms with E-state index in [0.717, 1.165) is 0 Å². The van der Waals surface area contributed by atoms with Gasteiger partial charge in [0.05, 0.1) is 13.7 Å². The van der Waals surface area contributed by atoms with Crippen molar-refractivity contribution in [2.45, 2.75) is 13.5 Å². The molecule has 0 unspecified atom stereocenters. The van der Waals surface area contributed by atoms with E-state index in [9.17, 15) is 0 Å². The predicted octanol–water partition coefficient (Wildman–Crippen LogP) is 0.371. The summed E-state index contributed by atoms with van der Waals surface area (Å²) in [7, 11) is 1.49. The molecule has 0 radical (unpaired) electrons. The first-order valence-corrected chi connectivity index (χ1v) is 4.88. The number of ether oxygens (including phenoxy) is 1. The molecule has 3 N–H and O–H groups in total. The zero-order valence-corrected chi connectivity index (χ0v) is 9.47. The third-order valence-corrected chi connectivity index (χ3v) is 2.02. The summed E-state index contributed by atoms with van der Waals surface area (Å²) in [5, 5.41) is 6.64. The fourth-order valence-corrected chi connectivity index (χ4v) is 1.25. The second kappa shape index (κ2) is 4.64. The minimum absolute atomic E-state index is 0.323. The molecule has 17 heavy (non-hydrogen) atoms. The first kappa shape index (κ1) is 11.1. The third kappa shape index (κ3) is 2.41. The van der Waals surface area contributed by atoms with Gasteiger partial charge in [0, 0.05) is 0 Å². The summed E-state index contributed by atoms with van der Waals surface area (Å²) in [5.41, 5.74) is 6.12. The minimum atomic E-state index is 0.323. The Labute approximate surface area is 97.2 Å². The fraction of sp³-hybridized carbons (Fsp3) is 0.333. The number of aromatic nitrogens is 4. The molecule has 0 aliphatic carbocycles. The van der Waals surface area contributed by atoms with Gasteiger partial charge in [-0.2, -0.15) is 9.97 Å². The molecule has 0 fully saturated rings. The fourth-order valence-electron chi connectivity index (χ4n) is 1.25. The summed E-state index contributed by atoms with van der Waals surface area (Å²) in [6.07, 6.45) is 1.36. The first-order valence-electron chi connectivity index (χ1n) is 4.88. The van der Waals surface area contributed by atoms with Crippen LogP contribution < -0.4 is 15.8 Å². The van der Waals surface area contributed by atoms with Crippen molar-refractivity contribution in [1.82, 2.24) is 20.1 Å². The van der Waals surface area contributed by atoms with Crippen LogP contribution in [0.4, 0.5) is 11.5 Å². The average Bonchev–Trinajstić information content (AvgIpc) is 2.74. The van der Waals surface area contributed by atoms with Gasteiger partial charge < -0.3 is 20.3 Å². The van der Waals surface area contributed by atoms with Gasteiger partial charge in [0.1, 0.15) is 12.0 Å². The molecule has 0 amide bonds. The quantitative estimate of drug-likeness (QED) is 0.783. The molecule has 2 aromatic rings. The van der Waals surface area contributed by atoms with Crippen LogP contribution in [0.2, 0.25) is 0 Å².